The van der Waals surface area contributed by atoms with Crippen LogP contribution in [-0.4, -0.2) is 28.3 Å². The second-order valence-corrected chi connectivity index (χ2v) is 6.39. The van der Waals surface area contributed by atoms with Gasteiger partial charge in [0.15, 0.2) is 0 Å². The monoisotopic (exact) mass is 374 g/mol. The molecule has 0 saturated carbocycles. The second-order valence-electron chi connectivity index (χ2n) is 6.39. The van der Waals surface area contributed by atoms with Crippen molar-refractivity contribution >= 4 is 17.5 Å². The van der Waals surface area contributed by atoms with Crippen LogP contribution >= 0.6 is 0 Å². The van der Waals surface area contributed by atoms with Crippen LogP contribution in [0, 0.1) is 13.8 Å². The zero-order valence-electron chi connectivity index (χ0n) is 16.1. The van der Waals surface area contributed by atoms with Gasteiger partial charge in [0.2, 0.25) is 0 Å². The molecule has 6 nitrogen and oxygen atoms in total. The molecule has 3 rings (SSSR count). The summed E-state index contributed by atoms with van der Waals surface area (Å²) in [5.74, 6) is 0.160. The number of aryl methyl sites for hydroxylation is 2. The molecule has 0 spiro atoms. The minimum absolute atomic E-state index is 0.137. The van der Waals surface area contributed by atoms with Crippen LogP contribution in [-0.2, 0) is 0 Å². The molecule has 0 aliphatic heterocycles. The third-order valence-corrected chi connectivity index (χ3v) is 4.28. The molecule has 2 N–H and O–H groups in total. The van der Waals surface area contributed by atoms with Crippen molar-refractivity contribution in [2.45, 2.75) is 20.8 Å². The molecule has 2 amide bonds. The highest BCUT2D eigenvalue weighted by Gasteiger charge is 2.17. The van der Waals surface area contributed by atoms with Gasteiger partial charge < -0.3 is 10.6 Å². The number of aromatic nitrogens is 2. The Morgan fingerprint density at radius 2 is 1.75 bits per heavy atom. The highest BCUT2D eigenvalue weighted by molar-refractivity contribution is 6.08. The lowest BCUT2D eigenvalue weighted by molar-refractivity contribution is 0.0955. The average Bonchev–Trinajstić information content (AvgIpc) is 2.70. The summed E-state index contributed by atoms with van der Waals surface area (Å²) in [6.07, 6.45) is 1.54. The molecule has 0 radical (unpaired) electrons. The molecule has 0 saturated heterocycles. The van der Waals surface area contributed by atoms with Gasteiger partial charge in [-0.05, 0) is 44.5 Å². The summed E-state index contributed by atoms with van der Waals surface area (Å²) in [4.78, 5) is 33.5. The number of carbonyl (C=O) groups excluding carboxylic acids is 2. The number of hydrogen-bond donors (Lipinski definition) is 2. The molecule has 1 aromatic heterocycles. The van der Waals surface area contributed by atoms with E-state index in [1.165, 1.54) is 0 Å². The molecule has 0 fully saturated rings. The number of hydrogen-bond acceptors (Lipinski definition) is 4. The fraction of sp³-hybridized carbons (Fsp3) is 0.182. The first-order valence-electron chi connectivity index (χ1n) is 9.09. The third kappa shape index (κ3) is 4.23. The van der Waals surface area contributed by atoms with Gasteiger partial charge in [0.05, 0.1) is 11.3 Å². The van der Waals surface area contributed by atoms with Crippen molar-refractivity contribution in [3.05, 3.63) is 77.2 Å². The predicted octanol–water partition coefficient (Wildman–Crippen LogP) is 3.76. The topological polar surface area (TPSA) is 84.0 Å². The van der Waals surface area contributed by atoms with E-state index in [0.717, 1.165) is 11.1 Å². The van der Waals surface area contributed by atoms with Gasteiger partial charge in [-0.2, -0.15) is 0 Å². The minimum Gasteiger partial charge on any atom is -0.352 e. The molecular weight excluding hydrogens is 352 g/mol. The molecule has 28 heavy (non-hydrogen) atoms. The maximum absolute atomic E-state index is 12.9. The Bertz CT molecular complexity index is 1020. The van der Waals surface area contributed by atoms with Crippen molar-refractivity contribution in [3.63, 3.8) is 0 Å². The molecule has 142 valence electrons. The summed E-state index contributed by atoms with van der Waals surface area (Å²) in [6, 6.07) is 14.7. The second kappa shape index (κ2) is 8.43. The Kier molecular flexibility index (Phi) is 5.79. The average molecular weight is 374 g/mol. The molecule has 6 heteroatoms. The van der Waals surface area contributed by atoms with Gasteiger partial charge in [-0.15, -0.1) is 0 Å². The zero-order chi connectivity index (χ0) is 20.1. The van der Waals surface area contributed by atoms with Crippen LogP contribution < -0.4 is 10.6 Å². The highest BCUT2D eigenvalue weighted by atomic mass is 16.2. The van der Waals surface area contributed by atoms with E-state index >= 15 is 0 Å². The first-order valence-corrected chi connectivity index (χ1v) is 9.09. The van der Waals surface area contributed by atoms with Crippen molar-refractivity contribution in [2.75, 3.05) is 11.9 Å². The lowest BCUT2D eigenvalue weighted by Crippen LogP contribution is -2.23. The zero-order valence-corrected chi connectivity index (χ0v) is 16.1. The van der Waals surface area contributed by atoms with Crippen molar-refractivity contribution in [1.29, 1.82) is 0 Å². The number of amides is 2. The molecule has 1 heterocycles. The van der Waals surface area contributed by atoms with E-state index in [9.17, 15) is 9.59 Å². The number of nitrogens with zero attached hydrogens (tertiary/aromatic N) is 2. The summed E-state index contributed by atoms with van der Waals surface area (Å²) in [5, 5.41) is 5.67. The van der Waals surface area contributed by atoms with Crippen LogP contribution in [0.15, 0.2) is 54.7 Å². The van der Waals surface area contributed by atoms with Crippen LogP contribution in [0.2, 0.25) is 0 Å². The van der Waals surface area contributed by atoms with Crippen LogP contribution in [0.25, 0.3) is 11.3 Å². The van der Waals surface area contributed by atoms with Gasteiger partial charge >= 0.3 is 0 Å². The van der Waals surface area contributed by atoms with Gasteiger partial charge in [-0.1, -0.05) is 30.3 Å². The number of carbonyl (C=O) groups is 2. The van der Waals surface area contributed by atoms with E-state index < -0.39 is 0 Å². The normalized spacial score (nSPS) is 10.4. The Morgan fingerprint density at radius 1 is 1.00 bits per heavy atom. The van der Waals surface area contributed by atoms with E-state index in [1.807, 2.05) is 44.2 Å². The van der Waals surface area contributed by atoms with E-state index in [0.29, 0.717) is 34.9 Å². The molecule has 0 aliphatic carbocycles. The molecule has 3 aromatic rings. The van der Waals surface area contributed by atoms with Crippen LogP contribution in [0.5, 0.6) is 0 Å². The smallest absolute Gasteiger partial charge is 0.259 e. The van der Waals surface area contributed by atoms with Crippen LogP contribution in [0.3, 0.4) is 0 Å². The first kappa shape index (κ1) is 19.2. The lowest BCUT2D eigenvalue weighted by Gasteiger charge is -2.12. The molecule has 0 atom stereocenters. The van der Waals surface area contributed by atoms with E-state index in [4.69, 9.17) is 0 Å². The molecule has 0 aliphatic rings. The SMILES string of the molecule is CCNC(=O)c1ccc(NC(=O)c2cnc(C)nc2-c2ccccc2)c(C)c1. The Morgan fingerprint density at radius 3 is 2.43 bits per heavy atom. The minimum atomic E-state index is -0.298. The van der Waals surface area contributed by atoms with Gasteiger partial charge in [0.25, 0.3) is 11.8 Å². The van der Waals surface area contributed by atoms with Gasteiger partial charge in [0, 0.05) is 29.6 Å². The van der Waals surface area contributed by atoms with Crippen molar-refractivity contribution in [3.8, 4) is 11.3 Å². The largest absolute Gasteiger partial charge is 0.352 e. The molecule has 0 bridgehead atoms. The van der Waals surface area contributed by atoms with Gasteiger partial charge in [-0.25, -0.2) is 9.97 Å². The van der Waals surface area contributed by atoms with E-state index in [1.54, 1.807) is 31.3 Å². The number of benzene rings is 2. The number of rotatable bonds is 5. The maximum atomic E-state index is 12.9. The Labute approximate surface area is 164 Å². The fourth-order valence-electron chi connectivity index (χ4n) is 2.85. The van der Waals surface area contributed by atoms with Crippen LogP contribution in [0.1, 0.15) is 39.0 Å². The highest BCUT2D eigenvalue weighted by Crippen LogP contribution is 2.23. The summed E-state index contributed by atoms with van der Waals surface area (Å²) in [6.45, 7) is 6.07. The van der Waals surface area contributed by atoms with Crippen molar-refractivity contribution < 1.29 is 9.59 Å². The first-order chi connectivity index (χ1) is 13.5. The molecule has 0 unspecified atom stereocenters. The van der Waals surface area contributed by atoms with E-state index in [-0.39, 0.29) is 11.8 Å². The lowest BCUT2D eigenvalue weighted by atomic mass is 10.1. The quantitative estimate of drug-likeness (QED) is 0.712. The summed E-state index contributed by atoms with van der Waals surface area (Å²) in [7, 11) is 0. The summed E-state index contributed by atoms with van der Waals surface area (Å²) >= 11 is 0. The Balaban J connectivity index is 1.89. The molecule has 2 aromatic carbocycles. The van der Waals surface area contributed by atoms with Crippen LogP contribution in [0.4, 0.5) is 5.69 Å². The fourth-order valence-corrected chi connectivity index (χ4v) is 2.85. The van der Waals surface area contributed by atoms with Gasteiger partial charge in [-0.3, -0.25) is 9.59 Å². The Hall–Kier alpha value is -3.54. The standard InChI is InChI=1S/C22H22N4O2/c1-4-23-21(27)17-10-11-19(14(2)12-17)26-22(28)18-13-24-15(3)25-20(18)16-8-6-5-7-9-16/h5-13H,4H2,1-3H3,(H,23,27)(H,26,28). The van der Waals surface area contributed by atoms with Crippen molar-refractivity contribution in [1.82, 2.24) is 15.3 Å². The van der Waals surface area contributed by atoms with Gasteiger partial charge in [0.1, 0.15) is 5.82 Å². The number of nitrogens with one attached hydrogen (secondary N) is 2. The number of anilines is 1. The summed E-state index contributed by atoms with van der Waals surface area (Å²) < 4.78 is 0. The summed E-state index contributed by atoms with van der Waals surface area (Å²) in [5.41, 5.74) is 3.82. The predicted molar refractivity (Wildman–Crippen MR) is 109 cm³/mol. The molecular formula is C22H22N4O2. The van der Waals surface area contributed by atoms with E-state index in [2.05, 4.69) is 20.6 Å². The maximum Gasteiger partial charge on any atom is 0.259 e. The van der Waals surface area contributed by atoms with Crippen molar-refractivity contribution in [2.24, 2.45) is 0 Å². The third-order valence-electron chi connectivity index (χ3n) is 4.28.